The highest BCUT2D eigenvalue weighted by Crippen LogP contribution is 2.48. The van der Waals surface area contributed by atoms with E-state index >= 15 is 0 Å². The van der Waals surface area contributed by atoms with E-state index in [0.717, 1.165) is 5.56 Å². The number of terminal acetylenes is 1. The van der Waals surface area contributed by atoms with Crippen LogP contribution in [0.1, 0.15) is 69.9 Å². The van der Waals surface area contributed by atoms with Crippen molar-refractivity contribution in [3.05, 3.63) is 29.3 Å². The van der Waals surface area contributed by atoms with Gasteiger partial charge in [-0.2, -0.15) is 0 Å². The summed E-state index contributed by atoms with van der Waals surface area (Å²) in [6.45, 7) is 4.59. The van der Waals surface area contributed by atoms with Crippen molar-refractivity contribution in [2.45, 2.75) is 69.1 Å². The first-order valence-electron chi connectivity index (χ1n) is 7.99. The third kappa shape index (κ3) is 3.23. The van der Waals surface area contributed by atoms with Gasteiger partial charge in [-0.15, -0.1) is 18.2 Å². The highest BCUT2D eigenvalue weighted by molar-refractivity contribution is 7.99. The third-order valence-corrected chi connectivity index (χ3v) is 5.65. The Bertz CT molecular complexity index is 473. The molecule has 1 aromatic carbocycles. The Morgan fingerprint density at radius 2 is 1.90 bits per heavy atom. The molecule has 0 spiro atoms. The van der Waals surface area contributed by atoms with Crippen molar-refractivity contribution in [2.24, 2.45) is 0 Å². The Kier molecular flexibility index (Phi) is 5.61. The molecule has 0 N–H and O–H groups in total. The zero-order chi connectivity index (χ0) is 14.4. The maximum atomic E-state index is 5.61. The topological polar surface area (TPSA) is 0 Å². The van der Waals surface area contributed by atoms with Gasteiger partial charge in [0.2, 0.25) is 0 Å². The summed E-state index contributed by atoms with van der Waals surface area (Å²) < 4.78 is 0. The molecule has 0 radical (unpaired) electrons. The molecule has 0 bridgehead atoms. The highest BCUT2D eigenvalue weighted by Gasteiger charge is 2.35. The SMILES string of the molecule is C#Cc1ccc2c(c1)C(CCCC)(CCCC)CCS2. The highest BCUT2D eigenvalue weighted by atomic mass is 32.2. The standard InChI is InChI=1S/C19H26S/c1-4-7-11-19(12-8-5-2)13-14-20-18-10-9-16(6-3)15-17(18)19/h3,9-10,15H,4-5,7-8,11-14H2,1-2H3. The zero-order valence-electron chi connectivity index (χ0n) is 12.9. The predicted molar refractivity (Wildman–Crippen MR) is 90.4 cm³/mol. The lowest BCUT2D eigenvalue weighted by atomic mass is 9.70. The van der Waals surface area contributed by atoms with Gasteiger partial charge in [-0.1, -0.05) is 45.5 Å². The molecule has 0 atom stereocenters. The van der Waals surface area contributed by atoms with E-state index in [-0.39, 0.29) is 0 Å². The molecule has 0 saturated carbocycles. The van der Waals surface area contributed by atoms with E-state index in [0.29, 0.717) is 5.41 Å². The average molecular weight is 286 g/mol. The van der Waals surface area contributed by atoms with Crippen molar-refractivity contribution in [1.82, 2.24) is 0 Å². The Hall–Kier alpha value is -0.870. The lowest BCUT2D eigenvalue weighted by Crippen LogP contribution is -2.30. The van der Waals surface area contributed by atoms with Crippen molar-refractivity contribution in [2.75, 3.05) is 5.75 Å². The second-order valence-corrected chi connectivity index (χ2v) is 7.08. The van der Waals surface area contributed by atoms with Crippen molar-refractivity contribution in [3.8, 4) is 12.3 Å². The van der Waals surface area contributed by atoms with E-state index in [1.165, 1.54) is 55.6 Å². The van der Waals surface area contributed by atoms with Crippen LogP contribution in [0.4, 0.5) is 0 Å². The largest absolute Gasteiger partial charge is 0.126 e. The van der Waals surface area contributed by atoms with Crippen LogP contribution in [0.2, 0.25) is 0 Å². The first kappa shape index (κ1) is 15.5. The lowest BCUT2D eigenvalue weighted by Gasteiger charge is -2.39. The summed E-state index contributed by atoms with van der Waals surface area (Å²) >= 11 is 2.01. The van der Waals surface area contributed by atoms with Crippen LogP contribution in [0.3, 0.4) is 0 Å². The van der Waals surface area contributed by atoms with Crippen LogP contribution in [0.25, 0.3) is 0 Å². The fourth-order valence-electron chi connectivity index (χ4n) is 3.33. The maximum absolute atomic E-state index is 5.61. The van der Waals surface area contributed by atoms with Crippen LogP contribution >= 0.6 is 11.8 Å². The lowest BCUT2D eigenvalue weighted by molar-refractivity contribution is 0.323. The Morgan fingerprint density at radius 1 is 1.20 bits per heavy atom. The molecular formula is C19H26S. The van der Waals surface area contributed by atoms with Gasteiger partial charge in [0.15, 0.2) is 0 Å². The minimum absolute atomic E-state index is 0.388. The van der Waals surface area contributed by atoms with Crippen LogP contribution in [-0.4, -0.2) is 5.75 Å². The molecule has 2 rings (SSSR count). The Morgan fingerprint density at radius 3 is 2.50 bits per heavy atom. The summed E-state index contributed by atoms with van der Waals surface area (Å²) in [4.78, 5) is 1.47. The zero-order valence-corrected chi connectivity index (χ0v) is 13.7. The first-order chi connectivity index (χ1) is 9.75. The predicted octanol–water partition coefficient (Wildman–Crippen LogP) is 5.78. The van der Waals surface area contributed by atoms with E-state index in [9.17, 15) is 0 Å². The van der Waals surface area contributed by atoms with E-state index in [4.69, 9.17) is 6.42 Å². The van der Waals surface area contributed by atoms with Gasteiger partial charge in [-0.3, -0.25) is 0 Å². The van der Waals surface area contributed by atoms with Crippen LogP contribution < -0.4 is 0 Å². The van der Waals surface area contributed by atoms with Crippen LogP contribution in [0, 0.1) is 12.3 Å². The monoisotopic (exact) mass is 286 g/mol. The third-order valence-electron chi connectivity index (χ3n) is 4.57. The summed E-state index contributed by atoms with van der Waals surface area (Å²) in [5, 5.41) is 0. The van der Waals surface area contributed by atoms with Crippen LogP contribution in [0.5, 0.6) is 0 Å². The van der Waals surface area contributed by atoms with Gasteiger partial charge in [-0.05, 0) is 54.2 Å². The van der Waals surface area contributed by atoms with Crippen LogP contribution in [0.15, 0.2) is 23.1 Å². The molecule has 0 saturated heterocycles. The number of fused-ring (bicyclic) bond motifs is 1. The van der Waals surface area contributed by atoms with Crippen molar-refractivity contribution in [3.63, 3.8) is 0 Å². The van der Waals surface area contributed by atoms with E-state index in [1.807, 2.05) is 11.8 Å². The van der Waals surface area contributed by atoms with Crippen molar-refractivity contribution < 1.29 is 0 Å². The molecule has 0 unspecified atom stereocenters. The van der Waals surface area contributed by atoms with Gasteiger partial charge in [0, 0.05) is 10.5 Å². The van der Waals surface area contributed by atoms with Gasteiger partial charge in [0.1, 0.15) is 0 Å². The maximum Gasteiger partial charge on any atom is 0.0246 e. The first-order valence-corrected chi connectivity index (χ1v) is 8.98. The quantitative estimate of drug-likeness (QED) is 0.597. The second-order valence-electron chi connectivity index (χ2n) is 5.94. The van der Waals surface area contributed by atoms with E-state index in [2.05, 4.69) is 38.0 Å². The molecule has 108 valence electrons. The molecule has 0 aliphatic carbocycles. The fraction of sp³-hybridized carbons (Fsp3) is 0.579. The molecule has 1 aromatic rings. The minimum Gasteiger partial charge on any atom is -0.126 e. The number of hydrogen-bond acceptors (Lipinski definition) is 1. The van der Waals surface area contributed by atoms with Gasteiger partial charge < -0.3 is 0 Å². The van der Waals surface area contributed by atoms with E-state index in [1.54, 1.807) is 5.56 Å². The van der Waals surface area contributed by atoms with Gasteiger partial charge in [0.25, 0.3) is 0 Å². The molecule has 1 aliphatic heterocycles. The fourth-order valence-corrected chi connectivity index (χ4v) is 4.63. The molecule has 0 nitrogen and oxygen atoms in total. The average Bonchev–Trinajstić information content (AvgIpc) is 2.50. The Balaban J connectivity index is 2.39. The van der Waals surface area contributed by atoms with Crippen LogP contribution in [-0.2, 0) is 5.41 Å². The number of rotatable bonds is 6. The molecule has 1 heterocycles. The van der Waals surface area contributed by atoms with Crippen molar-refractivity contribution >= 4 is 11.8 Å². The molecule has 1 heteroatoms. The summed E-state index contributed by atoms with van der Waals surface area (Å²) in [5.74, 6) is 4.08. The second kappa shape index (κ2) is 7.23. The van der Waals surface area contributed by atoms with E-state index < -0.39 is 0 Å². The molecule has 0 fully saturated rings. The smallest absolute Gasteiger partial charge is 0.0246 e. The number of unbranched alkanes of at least 4 members (excludes halogenated alkanes) is 2. The van der Waals surface area contributed by atoms with Gasteiger partial charge >= 0.3 is 0 Å². The number of hydrogen-bond donors (Lipinski definition) is 0. The summed E-state index contributed by atoms with van der Waals surface area (Å²) in [6.07, 6.45) is 14.8. The summed E-state index contributed by atoms with van der Waals surface area (Å²) in [7, 11) is 0. The normalized spacial score (nSPS) is 16.4. The molecular weight excluding hydrogens is 260 g/mol. The van der Waals surface area contributed by atoms with Gasteiger partial charge in [0.05, 0.1) is 0 Å². The number of benzene rings is 1. The molecule has 0 aromatic heterocycles. The van der Waals surface area contributed by atoms with Gasteiger partial charge in [-0.25, -0.2) is 0 Å². The number of thioether (sulfide) groups is 1. The van der Waals surface area contributed by atoms with Crippen molar-refractivity contribution in [1.29, 1.82) is 0 Å². The minimum atomic E-state index is 0.388. The molecule has 1 aliphatic rings. The summed E-state index contributed by atoms with van der Waals surface area (Å²) in [5.41, 5.74) is 2.98. The Labute approximate surface area is 128 Å². The molecule has 20 heavy (non-hydrogen) atoms. The summed E-state index contributed by atoms with van der Waals surface area (Å²) in [6, 6.07) is 6.65. The molecule has 0 amide bonds.